The van der Waals surface area contributed by atoms with Gasteiger partial charge in [0.25, 0.3) is 5.91 Å². The van der Waals surface area contributed by atoms with Crippen molar-refractivity contribution < 1.29 is 14.3 Å². The molecule has 1 aliphatic rings. The zero-order valence-electron chi connectivity index (χ0n) is 18.9. The van der Waals surface area contributed by atoms with Crippen LogP contribution in [0.25, 0.3) is 0 Å². The molecule has 3 rings (SSSR count). The summed E-state index contributed by atoms with van der Waals surface area (Å²) < 4.78 is 4.94. The van der Waals surface area contributed by atoms with E-state index in [0.717, 1.165) is 24.0 Å². The summed E-state index contributed by atoms with van der Waals surface area (Å²) in [5.41, 5.74) is 4.91. The van der Waals surface area contributed by atoms with Crippen LogP contribution in [0.1, 0.15) is 51.4 Å². The third kappa shape index (κ3) is 5.65. The van der Waals surface area contributed by atoms with E-state index in [1.54, 1.807) is 13.2 Å². The monoisotopic (exact) mass is 434 g/mol. The van der Waals surface area contributed by atoms with Crippen LogP contribution in [0.15, 0.2) is 36.4 Å². The predicted molar refractivity (Wildman–Crippen MR) is 124 cm³/mol. The van der Waals surface area contributed by atoms with Crippen molar-refractivity contribution >= 4 is 17.6 Å². The second-order valence-corrected chi connectivity index (χ2v) is 8.16. The summed E-state index contributed by atoms with van der Waals surface area (Å²) in [6.07, 6.45) is 1.77. The van der Waals surface area contributed by atoms with Gasteiger partial charge in [0.15, 0.2) is 0 Å². The molecule has 0 aliphatic carbocycles. The molecule has 0 radical (unpaired) electrons. The molecular weight excluding hydrogens is 404 g/mol. The predicted octanol–water partition coefficient (Wildman–Crippen LogP) is 3.96. The molecule has 0 spiro atoms. The molecule has 0 unspecified atom stereocenters. The van der Waals surface area contributed by atoms with Gasteiger partial charge in [0.2, 0.25) is 0 Å². The van der Waals surface area contributed by atoms with Crippen LogP contribution in [-0.2, 0) is 4.74 Å². The van der Waals surface area contributed by atoms with Crippen molar-refractivity contribution in [2.45, 2.75) is 32.6 Å². The number of nitrogens with one attached hydrogen (secondary N) is 2. The Bertz CT molecular complexity index is 1000. The number of hydrogen-bond donors (Lipinski definition) is 2. The number of urea groups is 1. The summed E-state index contributed by atoms with van der Waals surface area (Å²) in [7, 11) is 1.58. The van der Waals surface area contributed by atoms with Crippen molar-refractivity contribution in [2.24, 2.45) is 0 Å². The highest BCUT2D eigenvalue weighted by Gasteiger charge is 2.26. The van der Waals surface area contributed by atoms with Crippen LogP contribution in [-0.4, -0.2) is 50.2 Å². The Morgan fingerprint density at radius 1 is 1.12 bits per heavy atom. The standard InChI is InChI=1S/C25H30N4O3/c1-17-14-18(2)23(28-25(31)27-10-13-32-3)15-22(17)24(30)29-11-8-21(9-12-29)20-6-4-19(16-26)5-7-20/h4-7,14-15,21H,8-13H2,1-3H3,(H2,27,28,31). The van der Waals surface area contributed by atoms with E-state index in [2.05, 4.69) is 16.7 Å². The van der Waals surface area contributed by atoms with Crippen LogP contribution in [0.2, 0.25) is 0 Å². The molecule has 0 atom stereocenters. The van der Waals surface area contributed by atoms with Gasteiger partial charge in [0.1, 0.15) is 0 Å². The zero-order valence-corrected chi connectivity index (χ0v) is 18.9. The number of amides is 3. The molecule has 168 valence electrons. The first-order valence-corrected chi connectivity index (χ1v) is 10.9. The van der Waals surface area contributed by atoms with Gasteiger partial charge in [-0.15, -0.1) is 0 Å². The Kier molecular flexibility index (Phi) is 7.85. The summed E-state index contributed by atoms with van der Waals surface area (Å²) in [5, 5.41) is 14.5. The fraction of sp³-hybridized carbons (Fsp3) is 0.400. The van der Waals surface area contributed by atoms with E-state index >= 15 is 0 Å². The quantitative estimate of drug-likeness (QED) is 0.673. The van der Waals surface area contributed by atoms with E-state index in [-0.39, 0.29) is 11.9 Å². The number of nitrogens with zero attached hydrogens (tertiary/aromatic N) is 2. The minimum atomic E-state index is -0.323. The van der Waals surface area contributed by atoms with Gasteiger partial charge in [0, 0.05) is 38.0 Å². The molecule has 1 fully saturated rings. The highest BCUT2D eigenvalue weighted by molar-refractivity contribution is 5.98. The van der Waals surface area contributed by atoms with Gasteiger partial charge in [-0.1, -0.05) is 18.2 Å². The first-order chi connectivity index (χ1) is 15.4. The van der Waals surface area contributed by atoms with E-state index in [1.807, 2.05) is 49.1 Å². The molecule has 2 aromatic carbocycles. The van der Waals surface area contributed by atoms with Crippen LogP contribution in [0.3, 0.4) is 0 Å². The lowest BCUT2D eigenvalue weighted by Crippen LogP contribution is -2.38. The molecule has 1 heterocycles. The fourth-order valence-corrected chi connectivity index (χ4v) is 4.07. The SMILES string of the molecule is COCCNC(=O)Nc1cc(C(=O)N2CCC(c3ccc(C#N)cc3)CC2)c(C)cc1C. The number of anilines is 1. The molecule has 32 heavy (non-hydrogen) atoms. The zero-order chi connectivity index (χ0) is 23.1. The smallest absolute Gasteiger partial charge is 0.319 e. The Labute approximate surface area is 189 Å². The van der Waals surface area contributed by atoms with E-state index in [0.29, 0.717) is 49.0 Å². The van der Waals surface area contributed by atoms with Gasteiger partial charge in [-0.05, 0) is 67.5 Å². The second kappa shape index (κ2) is 10.8. The minimum absolute atomic E-state index is 0.0105. The van der Waals surface area contributed by atoms with Crippen molar-refractivity contribution in [2.75, 3.05) is 38.7 Å². The largest absolute Gasteiger partial charge is 0.383 e. The third-order valence-corrected chi connectivity index (χ3v) is 5.94. The average Bonchev–Trinajstić information content (AvgIpc) is 2.81. The molecule has 7 heteroatoms. The third-order valence-electron chi connectivity index (χ3n) is 5.94. The maximum Gasteiger partial charge on any atom is 0.319 e. The van der Waals surface area contributed by atoms with Crippen molar-refractivity contribution in [1.29, 1.82) is 5.26 Å². The van der Waals surface area contributed by atoms with E-state index in [4.69, 9.17) is 10.00 Å². The second-order valence-electron chi connectivity index (χ2n) is 8.16. The topological polar surface area (TPSA) is 94.5 Å². The molecule has 7 nitrogen and oxygen atoms in total. The Balaban J connectivity index is 1.65. The number of carbonyl (C=O) groups is 2. The van der Waals surface area contributed by atoms with Crippen LogP contribution in [0.5, 0.6) is 0 Å². The highest BCUT2D eigenvalue weighted by atomic mass is 16.5. The maximum atomic E-state index is 13.3. The van der Waals surface area contributed by atoms with Gasteiger partial charge >= 0.3 is 6.03 Å². The van der Waals surface area contributed by atoms with Gasteiger partial charge in [-0.3, -0.25) is 4.79 Å². The van der Waals surface area contributed by atoms with Gasteiger partial charge in [-0.2, -0.15) is 5.26 Å². The molecule has 1 aliphatic heterocycles. The molecule has 0 bridgehead atoms. The van der Waals surface area contributed by atoms with Gasteiger partial charge in [-0.25, -0.2) is 4.79 Å². The van der Waals surface area contributed by atoms with E-state index < -0.39 is 0 Å². The van der Waals surface area contributed by atoms with Crippen LogP contribution in [0, 0.1) is 25.2 Å². The number of nitriles is 1. The Morgan fingerprint density at radius 3 is 2.44 bits per heavy atom. The first-order valence-electron chi connectivity index (χ1n) is 10.9. The van der Waals surface area contributed by atoms with Crippen LogP contribution in [0.4, 0.5) is 10.5 Å². The average molecular weight is 435 g/mol. The Morgan fingerprint density at radius 2 is 1.81 bits per heavy atom. The summed E-state index contributed by atoms with van der Waals surface area (Å²) in [6.45, 7) is 6.03. The number of rotatable bonds is 6. The number of ether oxygens (including phenoxy) is 1. The van der Waals surface area contributed by atoms with Gasteiger partial charge in [0.05, 0.1) is 18.2 Å². The number of aryl methyl sites for hydroxylation is 2. The van der Waals surface area contributed by atoms with Crippen LogP contribution < -0.4 is 10.6 Å². The lowest BCUT2D eigenvalue weighted by atomic mass is 9.88. The molecule has 3 amide bonds. The first kappa shape index (κ1) is 23.3. The lowest BCUT2D eigenvalue weighted by molar-refractivity contribution is 0.0712. The maximum absolute atomic E-state index is 13.3. The number of methoxy groups -OCH3 is 1. The summed E-state index contributed by atoms with van der Waals surface area (Å²) >= 11 is 0. The summed E-state index contributed by atoms with van der Waals surface area (Å²) in [4.78, 5) is 27.3. The fourth-order valence-electron chi connectivity index (χ4n) is 4.07. The minimum Gasteiger partial charge on any atom is -0.383 e. The number of likely N-dealkylation sites (tertiary alicyclic amines) is 1. The number of hydrogen-bond acceptors (Lipinski definition) is 4. The number of benzene rings is 2. The van der Waals surface area contributed by atoms with Gasteiger partial charge < -0.3 is 20.3 Å². The molecule has 2 aromatic rings. The highest BCUT2D eigenvalue weighted by Crippen LogP contribution is 2.30. The van der Waals surface area contributed by atoms with Crippen LogP contribution >= 0.6 is 0 Å². The molecule has 2 N–H and O–H groups in total. The molecular formula is C25H30N4O3. The number of carbonyl (C=O) groups excluding carboxylic acids is 2. The van der Waals surface area contributed by atoms with Crippen molar-refractivity contribution in [1.82, 2.24) is 10.2 Å². The van der Waals surface area contributed by atoms with Crippen molar-refractivity contribution in [3.63, 3.8) is 0 Å². The molecule has 0 saturated carbocycles. The van der Waals surface area contributed by atoms with Crippen molar-refractivity contribution in [3.8, 4) is 6.07 Å². The molecule has 1 saturated heterocycles. The lowest BCUT2D eigenvalue weighted by Gasteiger charge is -2.33. The summed E-state index contributed by atoms with van der Waals surface area (Å²) in [5.74, 6) is 0.377. The molecule has 0 aromatic heterocycles. The van der Waals surface area contributed by atoms with E-state index in [9.17, 15) is 9.59 Å². The number of piperidine rings is 1. The van der Waals surface area contributed by atoms with Crippen molar-refractivity contribution in [3.05, 3.63) is 64.2 Å². The Hall–Kier alpha value is -3.37. The normalized spacial score (nSPS) is 14.0. The van der Waals surface area contributed by atoms with E-state index in [1.165, 1.54) is 5.56 Å². The summed E-state index contributed by atoms with van der Waals surface area (Å²) in [6, 6.07) is 13.3.